The highest BCUT2D eigenvalue weighted by Crippen LogP contribution is 2.32. The van der Waals surface area contributed by atoms with Crippen LogP contribution in [0.2, 0.25) is 0 Å². The van der Waals surface area contributed by atoms with E-state index in [9.17, 15) is 14.0 Å². The molecule has 1 fully saturated rings. The average Bonchev–Trinajstić information content (AvgIpc) is 3.13. The van der Waals surface area contributed by atoms with Crippen molar-refractivity contribution in [3.63, 3.8) is 0 Å². The number of carbonyl (C=O) groups is 2. The van der Waals surface area contributed by atoms with Crippen molar-refractivity contribution >= 4 is 34.4 Å². The zero-order valence-electron chi connectivity index (χ0n) is 17.5. The molecule has 1 saturated heterocycles. The largest absolute Gasteiger partial charge is 0.488 e. The average molecular weight is 438 g/mol. The van der Waals surface area contributed by atoms with Crippen molar-refractivity contribution in [2.45, 2.75) is 6.61 Å². The third-order valence-corrected chi connectivity index (χ3v) is 5.43. The fraction of sp³-hybridized carbons (Fsp3) is 0.0370. The Morgan fingerprint density at radius 2 is 1.58 bits per heavy atom. The molecule has 0 unspecified atom stereocenters. The number of para-hydroxylation sites is 1. The van der Waals surface area contributed by atoms with E-state index in [-0.39, 0.29) is 18.0 Å². The van der Waals surface area contributed by atoms with Gasteiger partial charge in [-0.05, 0) is 52.7 Å². The lowest BCUT2D eigenvalue weighted by Gasteiger charge is -2.14. The van der Waals surface area contributed by atoms with Crippen LogP contribution in [0.15, 0.2) is 96.6 Å². The second kappa shape index (κ2) is 8.59. The van der Waals surface area contributed by atoms with Crippen molar-refractivity contribution in [1.82, 2.24) is 5.43 Å². The highest BCUT2D eigenvalue weighted by atomic mass is 19.1. The monoisotopic (exact) mass is 438 g/mol. The number of anilines is 1. The number of fused-ring (bicyclic) bond motifs is 1. The Kier molecular flexibility index (Phi) is 5.32. The minimum absolute atomic E-state index is 0.0156. The number of rotatable bonds is 5. The summed E-state index contributed by atoms with van der Waals surface area (Å²) < 4.78 is 19.3. The molecule has 33 heavy (non-hydrogen) atoms. The van der Waals surface area contributed by atoms with Crippen molar-refractivity contribution in [3.05, 3.63) is 114 Å². The Morgan fingerprint density at radius 3 is 2.36 bits per heavy atom. The Bertz CT molecular complexity index is 1380. The summed E-state index contributed by atoms with van der Waals surface area (Å²) in [5.74, 6) is -0.724. The number of amides is 2. The molecule has 1 N–H and O–H groups in total. The Hall–Kier alpha value is -4.45. The van der Waals surface area contributed by atoms with E-state index in [2.05, 4.69) is 5.43 Å². The first-order valence-electron chi connectivity index (χ1n) is 10.4. The number of nitrogens with one attached hydrogen (secondary N) is 1. The first-order chi connectivity index (χ1) is 16.1. The predicted octanol–water partition coefficient (Wildman–Crippen LogP) is 5.02. The first kappa shape index (κ1) is 20.5. The minimum atomic E-state index is -0.485. The van der Waals surface area contributed by atoms with Gasteiger partial charge in [-0.3, -0.25) is 15.0 Å². The predicted molar refractivity (Wildman–Crippen MR) is 125 cm³/mol. The summed E-state index contributed by atoms with van der Waals surface area (Å²) in [6.45, 7) is 0.213. The summed E-state index contributed by atoms with van der Waals surface area (Å²) in [6, 6.07) is 26.4. The molecule has 1 heterocycles. The Labute approximate surface area is 189 Å². The summed E-state index contributed by atoms with van der Waals surface area (Å²) in [5.41, 5.74) is 4.64. The first-order valence-corrected chi connectivity index (χ1v) is 10.4. The van der Waals surface area contributed by atoms with Gasteiger partial charge >= 0.3 is 0 Å². The Morgan fingerprint density at radius 1 is 0.848 bits per heavy atom. The summed E-state index contributed by atoms with van der Waals surface area (Å²) in [6.07, 6.45) is 1.57. The zero-order valence-corrected chi connectivity index (χ0v) is 17.5. The summed E-state index contributed by atoms with van der Waals surface area (Å²) in [7, 11) is 0. The molecule has 5 rings (SSSR count). The maximum Gasteiger partial charge on any atom is 0.282 e. The molecule has 0 saturated carbocycles. The molecule has 1 aliphatic heterocycles. The van der Waals surface area contributed by atoms with Gasteiger partial charge in [-0.25, -0.2) is 9.40 Å². The van der Waals surface area contributed by atoms with Gasteiger partial charge in [-0.2, -0.15) is 0 Å². The second-order valence-corrected chi connectivity index (χ2v) is 7.59. The van der Waals surface area contributed by atoms with Crippen molar-refractivity contribution in [1.29, 1.82) is 0 Å². The molecular formula is C27H19FN2O3. The van der Waals surface area contributed by atoms with Crippen molar-refractivity contribution < 1.29 is 18.7 Å². The molecule has 1 aliphatic rings. The highest BCUT2D eigenvalue weighted by Gasteiger charge is 2.34. The van der Waals surface area contributed by atoms with Gasteiger partial charge in [0.05, 0.1) is 5.69 Å². The van der Waals surface area contributed by atoms with Gasteiger partial charge < -0.3 is 4.74 Å². The van der Waals surface area contributed by atoms with E-state index in [4.69, 9.17) is 4.74 Å². The Balaban J connectivity index is 1.54. The number of hydrogen-bond acceptors (Lipinski definition) is 3. The third-order valence-electron chi connectivity index (χ3n) is 5.43. The molecule has 0 spiro atoms. The number of hydrogen-bond donors (Lipinski definition) is 1. The molecule has 0 atom stereocenters. The van der Waals surface area contributed by atoms with Crippen molar-refractivity contribution in [2.24, 2.45) is 0 Å². The van der Waals surface area contributed by atoms with Crippen LogP contribution in [-0.2, 0) is 16.2 Å². The summed E-state index contributed by atoms with van der Waals surface area (Å²) >= 11 is 0. The minimum Gasteiger partial charge on any atom is -0.488 e. The highest BCUT2D eigenvalue weighted by molar-refractivity contribution is 6.32. The molecular weight excluding hydrogens is 419 g/mol. The normalized spacial score (nSPS) is 14.7. The van der Waals surface area contributed by atoms with Crippen LogP contribution in [0, 0.1) is 5.82 Å². The van der Waals surface area contributed by atoms with E-state index in [1.165, 1.54) is 17.1 Å². The van der Waals surface area contributed by atoms with Crippen LogP contribution < -0.4 is 15.2 Å². The van der Waals surface area contributed by atoms with Crippen LogP contribution in [0.5, 0.6) is 5.75 Å². The molecule has 5 nitrogen and oxygen atoms in total. The second-order valence-electron chi connectivity index (χ2n) is 7.59. The van der Waals surface area contributed by atoms with Crippen LogP contribution in [0.1, 0.15) is 11.1 Å². The maximum atomic E-state index is 13.2. The fourth-order valence-electron chi connectivity index (χ4n) is 3.75. The molecule has 6 heteroatoms. The van der Waals surface area contributed by atoms with Gasteiger partial charge in [0.15, 0.2) is 0 Å². The van der Waals surface area contributed by atoms with Gasteiger partial charge in [-0.1, -0.05) is 60.7 Å². The lowest BCUT2D eigenvalue weighted by Crippen LogP contribution is -2.35. The molecule has 0 bridgehead atoms. The quantitative estimate of drug-likeness (QED) is 0.352. The molecule has 0 radical (unpaired) electrons. The number of benzene rings is 4. The van der Waals surface area contributed by atoms with Gasteiger partial charge in [0.25, 0.3) is 11.8 Å². The van der Waals surface area contributed by atoms with Crippen molar-refractivity contribution in [3.8, 4) is 5.75 Å². The van der Waals surface area contributed by atoms with E-state index in [1.807, 2.05) is 42.5 Å². The van der Waals surface area contributed by atoms with Gasteiger partial charge in [0.1, 0.15) is 23.7 Å². The topological polar surface area (TPSA) is 58.6 Å². The van der Waals surface area contributed by atoms with Crippen LogP contribution in [-0.4, -0.2) is 11.8 Å². The standard InChI is InChI=1S/C27H19FN2O3/c28-20-13-10-18(11-14-20)17-33-25-15-12-19-6-4-5-9-22(19)23(25)16-24-26(31)29-30(27(24)32)21-7-2-1-3-8-21/h1-16H,17H2,(H,29,31)/b24-16-. The van der Waals surface area contributed by atoms with E-state index < -0.39 is 11.8 Å². The molecule has 0 aliphatic carbocycles. The SMILES string of the molecule is O=C1NN(c2ccccc2)C(=O)/C1=C\c1c(OCc2ccc(F)cc2)ccc2ccccc12. The van der Waals surface area contributed by atoms with Gasteiger partial charge in [-0.15, -0.1) is 0 Å². The van der Waals surface area contributed by atoms with Crippen LogP contribution >= 0.6 is 0 Å². The number of ether oxygens (including phenoxy) is 1. The molecule has 4 aromatic carbocycles. The van der Waals surface area contributed by atoms with E-state index >= 15 is 0 Å². The van der Waals surface area contributed by atoms with E-state index in [0.29, 0.717) is 17.0 Å². The zero-order chi connectivity index (χ0) is 22.8. The molecule has 2 amide bonds. The number of carbonyl (C=O) groups excluding carboxylic acids is 2. The van der Waals surface area contributed by atoms with E-state index in [1.54, 1.807) is 42.5 Å². The van der Waals surface area contributed by atoms with Crippen LogP contribution in [0.25, 0.3) is 16.8 Å². The summed E-state index contributed by atoms with van der Waals surface area (Å²) in [5, 5.41) is 3.03. The third kappa shape index (κ3) is 4.06. The van der Waals surface area contributed by atoms with Gasteiger partial charge in [0.2, 0.25) is 0 Å². The number of hydrazine groups is 1. The maximum absolute atomic E-state index is 13.2. The van der Waals surface area contributed by atoms with Gasteiger partial charge in [0, 0.05) is 5.56 Å². The molecule has 0 aromatic heterocycles. The summed E-state index contributed by atoms with van der Waals surface area (Å²) in [4.78, 5) is 25.8. The number of nitrogens with zero attached hydrogens (tertiary/aromatic N) is 1. The smallest absolute Gasteiger partial charge is 0.282 e. The molecule has 4 aromatic rings. The van der Waals surface area contributed by atoms with Crippen LogP contribution in [0.4, 0.5) is 10.1 Å². The fourth-order valence-corrected chi connectivity index (χ4v) is 3.75. The molecule has 162 valence electrons. The lowest BCUT2D eigenvalue weighted by atomic mass is 10.0. The van der Waals surface area contributed by atoms with Crippen molar-refractivity contribution in [2.75, 3.05) is 5.01 Å². The lowest BCUT2D eigenvalue weighted by molar-refractivity contribution is -0.117. The van der Waals surface area contributed by atoms with E-state index in [0.717, 1.165) is 16.3 Å². The number of halogens is 1. The van der Waals surface area contributed by atoms with Crippen LogP contribution in [0.3, 0.4) is 0 Å².